The smallest absolute Gasteiger partial charge is 0.224 e. The van der Waals surface area contributed by atoms with Crippen LogP contribution in [0, 0.1) is 5.92 Å². The van der Waals surface area contributed by atoms with Crippen molar-refractivity contribution in [2.75, 3.05) is 18.9 Å². The van der Waals surface area contributed by atoms with Gasteiger partial charge < -0.3 is 16.0 Å². The Morgan fingerprint density at radius 2 is 1.72 bits per heavy atom. The summed E-state index contributed by atoms with van der Waals surface area (Å²) in [5.41, 5.74) is 1.99. The van der Waals surface area contributed by atoms with E-state index in [1.54, 1.807) is 7.05 Å². The Morgan fingerprint density at radius 3 is 2.24 bits per heavy atom. The standard InChI is InChI=1S/C19H32N4O.HI/c1-5-8-18(24)23-17-11-9-16(10-12-17)14-22-19(20-4)21-13-15(6-2)7-3;/h9-12,15H,5-8,13-14H2,1-4H3,(H,23,24)(H2,20,21,22);1H. The maximum Gasteiger partial charge on any atom is 0.224 e. The molecule has 0 aliphatic rings. The summed E-state index contributed by atoms with van der Waals surface area (Å²) in [6, 6.07) is 7.90. The van der Waals surface area contributed by atoms with Crippen molar-refractivity contribution in [3.05, 3.63) is 29.8 Å². The number of guanidine groups is 1. The van der Waals surface area contributed by atoms with Crippen LogP contribution in [-0.2, 0) is 11.3 Å². The Kier molecular flexibility index (Phi) is 13.2. The van der Waals surface area contributed by atoms with Crippen LogP contribution in [0.1, 0.15) is 52.0 Å². The molecule has 0 spiro atoms. The van der Waals surface area contributed by atoms with E-state index in [1.807, 2.05) is 31.2 Å². The highest BCUT2D eigenvalue weighted by molar-refractivity contribution is 14.0. The van der Waals surface area contributed by atoms with E-state index in [4.69, 9.17) is 0 Å². The number of rotatable bonds is 9. The minimum atomic E-state index is 0. The number of halogens is 1. The van der Waals surface area contributed by atoms with Crippen LogP contribution in [0.4, 0.5) is 5.69 Å². The van der Waals surface area contributed by atoms with Crippen molar-refractivity contribution < 1.29 is 4.79 Å². The predicted octanol–water partition coefficient (Wildman–Crippen LogP) is 4.14. The van der Waals surface area contributed by atoms with Crippen LogP contribution < -0.4 is 16.0 Å². The second-order valence-electron chi connectivity index (χ2n) is 5.98. The van der Waals surface area contributed by atoms with E-state index < -0.39 is 0 Å². The van der Waals surface area contributed by atoms with Gasteiger partial charge in [-0.25, -0.2) is 0 Å². The monoisotopic (exact) mass is 460 g/mol. The van der Waals surface area contributed by atoms with Crippen molar-refractivity contribution in [1.82, 2.24) is 10.6 Å². The van der Waals surface area contributed by atoms with Gasteiger partial charge in [0, 0.05) is 32.2 Å². The van der Waals surface area contributed by atoms with E-state index >= 15 is 0 Å². The van der Waals surface area contributed by atoms with Crippen LogP contribution in [0.5, 0.6) is 0 Å². The number of hydrogen-bond acceptors (Lipinski definition) is 2. The van der Waals surface area contributed by atoms with Gasteiger partial charge in [0.2, 0.25) is 5.91 Å². The zero-order valence-electron chi connectivity index (χ0n) is 15.9. The number of carbonyl (C=O) groups excluding carboxylic acids is 1. The third kappa shape index (κ3) is 9.67. The van der Waals surface area contributed by atoms with Crippen molar-refractivity contribution in [2.24, 2.45) is 10.9 Å². The van der Waals surface area contributed by atoms with Crippen molar-refractivity contribution in [3.8, 4) is 0 Å². The molecule has 5 nitrogen and oxygen atoms in total. The molecule has 0 heterocycles. The fourth-order valence-electron chi connectivity index (χ4n) is 2.38. The van der Waals surface area contributed by atoms with Crippen LogP contribution in [-0.4, -0.2) is 25.5 Å². The fraction of sp³-hybridized carbons (Fsp3) is 0.579. The lowest BCUT2D eigenvalue weighted by molar-refractivity contribution is -0.116. The van der Waals surface area contributed by atoms with E-state index in [9.17, 15) is 4.79 Å². The van der Waals surface area contributed by atoms with Gasteiger partial charge >= 0.3 is 0 Å². The first-order chi connectivity index (χ1) is 11.6. The average Bonchev–Trinajstić information content (AvgIpc) is 2.60. The van der Waals surface area contributed by atoms with Crippen molar-refractivity contribution >= 4 is 41.5 Å². The minimum Gasteiger partial charge on any atom is -0.356 e. The molecule has 0 unspecified atom stereocenters. The summed E-state index contributed by atoms with van der Waals surface area (Å²) in [6.07, 6.45) is 3.76. The predicted molar refractivity (Wildman–Crippen MR) is 118 cm³/mol. The highest BCUT2D eigenvalue weighted by Gasteiger charge is 2.05. The number of hydrogen-bond donors (Lipinski definition) is 3. The topological polar surface area (TPSA) is 65.5 Å². The molecular formula is C19H33IN4O. The number of aliphatic imine (C=N–C) groups is 1. The van der Waals surface area contributed by atoms with E-state index in [1.165, 1.54) is 12.8 Å². The highest BCUT2D eigenvalue weighted by atomic mass is 127. The number of amides is 1. The molecule has 0 bridgehead atoms. The van der Waals surface area contributed by atoms with Crippen LogP contribution >= 0.6 is 24.0 Å². The first-order valence-corrected chi connectivity index (χ1v) is 8.96. The first kappa shape index (κ1) is 23.7. The largest absolute Gasteiger partial charge is 0.356 e. The van der Waals surface area contributed by atoms with Gasteiger partial charge in [0.15, 0.2) is 5.96 Å². The molecule has 0 atom stereocenters. The summed E-state index contributed by atoms with van der Waals surface area (Å²) in [5.74, 6) is 1.56. The minimum absolute atomic E-state index is 0. The molecule has 1 amide bonds. The molecule has 1 aromatic rings. The molecule has 0 aliphatic heterocycles. The van der Waals surface area contributed by atoms with E-state index in [2.05, 4.69) is 34.8 Å². The third-order valence-corrected chi connectivity index (χ3v) is 4.11. The van der Waals surface area contributed by atoms with Crippen LogP contribution in [0.25, 0.3) is 0 Å². The Hall–Kier alpha value is -1.31. The van der Waals surface area contributed by atoms with Gasteiger partial charge in [-0.1, -0.05) is 45.7 Å². The molecule has 25 heavy (non-hydrogen) atoms. The van der Waals surface area contributed by atoms with Gasteiger partial charge in [0.25, 0.3) is 0 Å². The molecular weight excluding hydrogens is 427 g/mol. The SMILES string of the molecule is CCCC(=O)Nc1ccc(CNC(=NC)NCC(CC)CC)cc1.I. The molecule has 1 rings (SSSR count). The van der Waals surface area contributed by atoms with Gasteiger partial charge in [0.1, 0.15) is 0 Å². The molecule has 0 fully saturated rings. The summed E-state index contributed by atoms with van der Waals surface area (Å²) in [4.78, 5) is 15.8. The maximum absolute atomic E-state index is 11.6. The summed E-state index contributed by atoms with van der Waals surface area (Å²) in [6.45, 7) is 8.07. The maximum atomic E-state index is 11.6. The van der Waals surface area contributed by atoms with Crippen molar-refractivity contribution in [1.29, 1.82) is 0 Å². The second-order valence-corrected chi connectivity index (χ2v) is 5.98. The van der Waals surface area contributed by atoms with Crippen molar-refractivity contribution in [2.45, 2.75) is 53.0 Å². The Balaban J connectivity index is 0.00000576. The Labute approximate surface area is 169 Å². The summed E-state index contributed by atoms with van der Waals surface area (Å²) in [5, 5.41) is 9.59. The number of carbonyl (C=O) groups is 1. The van der Waals surface area contributed by atoms with Gasteiger partial charge in [-0.3, -0.25) is 9.79 Å². The van der Waals surface area contributed by atoms with E-state index in [0.29, 0.717) is 18.9 Å². The van der Waals surface area contributed by atoms with Crippen molar-refractivity contribution in [3.63, 3.8) is 0 Å². The lowest BCUT2D eigenvalue weighted by Crippen LogP contribution is -2.39. The number of benzene rings is 1. The van der Waals surface area contributed by atoms with Crippen LogP contribution in [0.15, 0.2) is 29.3 Å². The highest BCUT2D eigenvalue weighted by Crippen LogP contribution is 2.10. The lowest BCUT2D eigenvalue weighted by atomic mass is 10.0. The molecule has 0 aliphatic carbocycles. The molecule has 0 radical (unpaired) electrons. The van der Waals surface area contributed by atoms with Crippen LogP contribution in [0.3, 0.4) is 0 Å². The summed E-state index contributed by atoms with van der Waals surface area (Å²) >= 11 is 0. The molecule has 0 saturated carbocycles. The lowest BCUT2D eigenvalue weighted by Gasteiger charge is -2.16. The number of anilines is 1. The van der Waals surface area contributed by atoms with E-state index in [0.717, 1.165) is 30.2 Å². The molecule has 0 aromatic heterocycles. The molecule has 3 N–H and O–H groups in total. The molecule has 0 saturated heterocycles. The summed E-state index contributed by atoms with van der Waals surface area (Å²) < 4.78 is 0. The Bertz CT molecular complexity index is 513. The number of nitrogens with zero attached hydrogens (tertiary/aromatic N) is 1. The second kappa shape index (κ2) is 13.9. The van der Waals surface area contributed by atoms with Gasteiger partial charge in [-0.05, 0) is 30.0 Å². The van der Waals surface area contributed by atoms with Gasteiger partial charge in [-0.2, -0.15) is 0 Å². The van der Waals surface area contributed by atoms with Crippen LogP contribution in [0.2, 0.25) is 0 Å². The quantitative estimate of drug-likeness (QED) is 0.295. The number of nitrogens with one attached hydrogen (secondary N) is 3. The summed E-state index contributed by atoms with van der Waals surface area (Å²) in [7, 11) is 1.79. The first-order valence-electron chi connectivity index (χ1n) is 8.96. The Morgan fingerprint density at radius 1 is 1.08 bits per heavy atom. The molecule has 1 aromatic carbocycles. The zero-order chi connectivity index (χ0) is 17.8. The van der Waals surface area contributed by atoms with Gasteiger partial charge in [-0.15, -0.1) is 24.0 Å². The third-order valence-electron chi connectivity index (χ3n) is 4.11. The van der Waals surface area contributed by atoms with Gasteiger partial charge in [0.05, 0.1) is 0 Å². The van der Waals surface area contributed by atoms with E-state index in [-0.39, 0.29) is 29.9 Å². The average molecular weight is 460 g/mol. The zero-order valence-corrected chi connectivity index (χ0v) is 18.2. The molecule has 142 valence electrons. The normalized spacial score (nSPS) is 11.0. The molecule has 6 heteroatoms. The fourth-order valence-corrected chi connectivity index (χ4v) is 2.38.